The summed E-state index contributed by atoms with van der Waals surface area (Å²) in [4.78, 5) is 11.0. The second-order valence-electron chi connectivity index (χ2n) is 6.17. The average molecular weight is 423 g/mol. The molecule has 2 aromatic carbocycles. The van der Waals surface area contributed by atoms with Crippen LogP contribution in [0.25, 0.3) is 0 Å². The highest BCUT2D eigenvalue weighted by atomic mass is 32.2. The number of halogens is 6. The summed E-state index contributed by atoms with van der Waals surface area (Å²) in [5.41, 5.74) is -3.22. The number of amides is 1. The van der Waals surface area contributed by atoms with Crippen LogP contribution in [0.1, 0.15) is 22.3 Å². The molecule has 1 N–H and O–H groups in total. The van der Waals surface area contributed by atoms with Crippen molar-refractivity contribution in [2.24, 2.45) is 0 Å². The summed E-state index contributed by atoms with van der Waals surface area (Å²) in [6.45, 7) is 0. The zero-order chi connectivity index (χ0) is 20.9. The van der Waals surface area contributed by atoms with Crippen LogP contribution in [0.2, 0.25) is 0 Å². The third-order valence-corrected chi connectivity index (χ3v) is 5.81. The lowest BCUT2D eigenvalue weighted by Gasteiger charge is -2.16. The Morgan fingerprint density at radius 1 is 0.929 bits per heavy atom. The van der Waals surface area contributed by atoms with Gasteiger partial charge in [-0.3, -0.25) is 4.79 Å². The molecule has 0 bridgehead atoms. The molecule has 0 unspecified atom stereocenters. The summed E-state index contributed by atoms with van der Waals surface area (Å²) in [5, 5.41) is 2.49. The molecule has 0 aromatic heterocycles. The van der Waals surface area contributed by atoms with Crippen molar-refractivity contribution in [2.75, 3.05) is 5.32 Å². The van der Waals surface area contributed by atoms with Crippen LogP contribution in [-0.4, -0.2) is 14.3 Å². The van der Waals surface area contributed by atoms with Crippen molar-refractivity contribution < 1.29 is 39.6 Å². The molecule has 0 spiro atoms. The number of rotatable bonds is 3. The maximum absolute atomic E-state index is 13.2. The predicted molar refractivity (Wildman–Crippen MR) is 86.1 cm³/mol. The van der Waals surface area contributed by atoms with E-state index in [0.717, 1.165) is 6.07 Å². The summed E-state index contributed by atoms with van der Waals surface area (Å²) in [6, 6.07) is 4.42. The maximum Gasteiger partial charge on any atom is 0.416 e. The fourth-order valence-electron chi connectivity index (χ4n) is 2.83. The smallest absolute Gasteiger partial charge is 0.326 e. The third kappa shape index (κ3) is 3.98. The van der Waals surface area contributed by atoms with Gasteiger partial charge in [0.2, 0.25) is 5.91 Å². The molecule has 0 radical (unpaired) electrons. The van der Waals surface area contributed by atoms with Gasteiger partial charge in [-0.1, -0.05) is 6.07 Å². The highest BCUT2D eigenvalue weighted by Crippen LogP contribution is 2.38. The van der Waals surface area contributed by atoms with Gasteiger partial charge in [-0.05, 0) is 41.5 Å². The minimum absolute atomic E-state index is 0.0766. The van der Waals surface area contributed by atoms with Gasteiger partial charge in [-0.15, -0.1) is 0 Å². The Bertz CT molecular complexity index is 1060. The van der Waals surface area contributed by atoms with Gasteiger partial charge in [0.25, 0.3) is 0 Å². The van der Waals surface area contributed by atoms with Crippen LogP contribution in [0.4, 0.5) is 32.0 Å². The molecular formula is C17H11F6NO3S. The molecule has 0 atom stereocenters. The van der Waals surface area contributed by atoms with E-state index in [-0.39, 0.29) is 23.3 Å². The number of benzene rings is 2. The van der Waals surface area contributed by atoms with E-state index in [1.165, 1.54) is 12.1 Å². The number of nitrogens with one attached hydrogen (secondary N) is 1. The lowest BCUT2D eigenvalue weighted by molar-refractivity contribution is -0.143. The molecule has 3 rings (SSSR count). The number of carbonyl (C=O) groups is 1. The van der Waals surface area contributed by atoms with Gasteiger partial charge in [0.1, 0.15) is 0 Å². The number of anilines is 1. The van der Waals surface area contributed by atoms with Crippen LogP contribution in [0.5, 0.6) is 0 Å². The molecule has 11 heteroatoms. The van der Waals surface area contributed by atoms with Crippen LogP contribution < -0.4 is 5.32 Å². The average Bonchev–Trinajstić information content (AvgIpc) is 2.91. The van der Waals surface area contributed by atoms with Crippen LogP contribution in [0.15, 0.2) is 41.3 Å². The Labute approximate surface area is 155 Å². The number of hydrogen-bond acceptors (Lipinski definition) is 3. The fraction of sp³-hybridized carbons (Fsp3) is 0.235. The maximum atomic E-state index is 13.2. The first-order valence-corrected chi connectivity index (χ1v) is 9.35. The second kappa shape index (κ2) is 6.50. The number of alkyl halides is 6. The Balaban J connectivity index is 2.01. The van der Waals surface area contributed by atoms with Gasteiger partial charge in [0.15, 0.2) is 9.84 Å². The molecule has 150 valence electrons. The Morgan fingerprint density at radius 2 is 1.61 bits per heavy atom. The fourth-order valence-corrected chi connectivity index (χ4v) is 4.25. The third-order valence-electron chi connectivity index (χ3n) is 4.15. The molecule has 1 aliphatic heterocycles. The van der Waals surface area contributed by atoms with E-state index in [1.807, 2.05) is 0 Å². The molecule has 28 heavy (non-hydrogen) atoms. The van der Waals surface area contributed by atoms with Crippen LogP contribution >= 0.6 is 0 Å². The number of carbonyl (C=O) groups excluding carboxylic acids is 1. The summed E-state index contributed by atoms with van der Waals surface area (Å²) in [5.74, 6) is -1.49. The summed E-state index contributed by atoms with van der Waals surface area (Å²) in [6.07, 6.45) is -10.2. The first-order valence-electron chi connectivity index (χ1n) is 7.70. The molecule has 0 aliphatic carbocycles. The monoisotopic (exact) mass is 423 g/mol. The molecule has 1 aliphatic rings. The lowest BCUT2D eigenvalue weighted by Crippen LogP contribution is -2.16. The Morgan fingerprint density at radius 3 is 2.21 bits per heavy atom. The van der Waals surface area contributed by atoms with Gasteiger partial charge < -0.3 is 5.32 Å². The van der Waals surface area contributed by atoms with Crippen molar-refractivity contribution >= 4 is 21.4 Å². The van der Waals surface area contributed by atoms with E-state index in [0.29, 0.717) is 23.4 Å². The van der Waals surface area contributed by atoms with Crippen molar-refractivity contribution in [1.29, 1.82) is 0 Å². The van der Waals surface area contributed by atoms with Gasteiger partial charge in [-0.2, -0.15) is 26.3 Å². The lowest BCUT2D eigenvalue weighted by atomic mass is 10.0. The minimum Gasteiger partial charge on any atom is -0.326 e. The SMILES string of the molecule is O=C1Cc2cc(S(=O)(=O)Cc3ccc(C(F)(F)F)cc3C(F)(F)F)ccc2N1. The Hall–Kier alpha value is -2.56. The second-order valence-corrected chi connectivity index (χ2v) is 8.16. The number of fused-ring (bicyclic) bond motifs is 1. The summed E-state index contributed by atoms with van der Waals surface area (Å²) < 4.78 is 103. The standard InChI is InChI=1S/C17H11F6NO3S/c18-16(19,20)11-2-1-9(13(7-11)17(21,22)23)8-28(26,27)12-3-4-14-10(5-12)6-15(25)24-14/h1-5,7H,6,8H2,(H,24,25). The van der Waals surface area contributed by atoms with E-state index in [2.05, 4.69) is 5.32 Å². The summed E-state index contributed by atoms with van der Waals surface area (Å²) >= 11 is 0. The highest BCUT2D eigenvalue weighted by molar-refractivity contribution is 7.90. The van der Waals surface area contributed by atoms with E-state index < -0.39 is 44.6 Å². The topological polar surface area (TPSA) is 63.2 Å². The Kier molecular flexibility index (Phi) is 4.69. The van der Waals surface area contributed by atoms with Crippen molar-refractivity contribution in [1.82, 2.24) is 0 Å². The molecule has 1 amide bonds. The van der Waals surface area contributed by atoms with E-state index in [1.54, 1.807) is 0 Å². The van der Waals surface area contributed by atoms with Crippen molar-refractivity contribution in [3.8, 4) is 0 Å². The highest BCUT2D eigenvalue weighted by Gasteiger charge is 2.39. The van der Waals surface area contributed by atoms with Crippen LogP contribution in [0.3, 0.4) is 0 Å². The zero-order valence-corrected chi connectivity index (χ0v) is 14.6. The molecular weight excluding hydrogens is 412 g/mol. The molecule has 0 saturated carbocycles. The van der Waals surface area contributed by atoms with E-state index >= 15 is 0 Å². The number of hydrogen-bond donors (Lipinski definition) is 1. The van der Waals surface area contributed by atoms with Crippen molar-refractivity contribution in [2.45, 2.75) is 29.4 Å². The van der Waals surface area contributed by atoms with Gasteiger partial charge in [0.05, 0.1) is 28.2 Å². The number of sulfone groups is 1. The van der Waals surface area contributed by atoms with Crippen LogP contribution in [0, 0.1) is 0 Å². The molecule has 2 aromatic rings. The minimum atomic E-state index is -5.17. The summed E-state index contributed by atoms with van der Waals surface area (Å²) in [7, 11) is -4.30. The first kappa shape index (κ1) is 20.2. The molecule has 0 saturated heterocycles. The van der Waals surface area contributed by atoms with Gasteiger partial charge >= 0.3 is 12.4 Å². The van der Waals surface area contributed by atoms with Crippen molar-refractivity contribution in [3.05, 3.63) is 58.7 Å². The zero-order valence-electron chi connectivity index (χ0n) is 13.8. The van der Waals surface area contributed by atoms with E-state index in [4.69, 9.17) is 0 Å². The quantitative estimate of drug-likeness (QED) is 0.753. The predicted octanol–water partition coefficient (Wildman–Crippen LogP) is 4.19. The first-order chi connectivity index (χ1) is 12.8. The molecule has 4 nitrogen and oxygen atoms in total. The molecule has 1 heterocycles. The van der Waals surface area contributed by atoms with Crippen LogP contribution in [-0.2, 0) is 39.2 Å². The van der Waals surface area contributed by atoms with E-state index in [9.17, 15) is 39.6 Å². The van der Waals surface area contributed by atoms with Gasteiger partial charge in [0, 0.05) is 5.69 Å². The molecule has 0 fully saturated rings. The van der Waals surface area contributed by atoms with Gasteiger partial charge in [-0.25, -0.2) is 8.42 Å². The normalized spacial score (nSPS) is 14.7. The van der Waals surface area contributed by atoms with Crippen molar-refractivity contribution in [3.63, 3.8) is 0 Å². The largest absolute Gasteiger partial charge is 0.416 e.